The number of carbonyl (C=O) groups excluding carboxylic acids is 1. The zero-order valence-electron chi connectivity index (χ0n) is 10.4. The lowest BCUT2D eigenvalue weighted by Gasteiger charge is -2.20. The molecule has 0 aliphatic heterocycles. The first kappa shape index (κ1) is 15.9. The van der Waals surface area contributed by atoms with Crippen LogP contribution in [0.5, 0.6) is 0 Å². The number of nitro benzene ring substituents is 1. The lowest BCUT2D eigenvalue weighted by molar-refractivity contribution is -0.387. The van der Waals surface area contributed by atoms with Crippen LogP contribution in [0.3, 0.4) is 0 Å². The molecule has 9 heteroatoms. The maximum absolute atomic E-state index is 13.4. The number of hydrogen-bond acceptors (Lipinski definition) is 5. The van der Waals surface area contributed by atoms with E-state index >= 15 is 0 Å². The van der Waals surface area contributed by atoms with Gasteiger partial charge in [0.05, 0.1) is 17.1 Å². The minimum atomic E-state index is -1.63. The fourth-order valence-electron chi connectivity index (χ4n) is 1.27. The summed E-state index contributed by atoms with van der Waals surface area (Å²) in [5.41, 5.74) is -3.39. The second kappa shape index (κ2) is 5.88. The summed E-state index contributed by atoms with van der Waals surface area (Å²) in [4.78, 5) is 21.0. The molecule has 0 spiro atoms. The molecule has 1 amide bonds. The van der Waals surface area contributed by atoms with Gasteiger partial charge in [-0.05, 0) is 6.92 Å². The Morgan fingerprint density at radius 3 is 2.55 bits per heavy atom. The van der Waals surface area contributed by atoms with Crippen molar-refractivity contribution in [2.75, 3.05) is 13.2 Å². The van der Waals surface area contributed by atoms with Crippen LogP contribution in [-0.4, -0.2) is 39.8 Å². The number of aliphatic hydroxyl groups is 2. The number of benzene rings is 1. The second-order valence-electron chi connectivity index (χ2n) is 4.38. The maximum Gasteiger partial charge on any atom is 0.305 e. The fourth-order valence-corrected chi connectivity index (χ4v) is 1.27. The molecule has 1 aromatic rings. The van der Waals surface area contributed by atoms with Crippen molar-refractivity contribution in [3.63, 3.8) is 0 Å². The van der Waals surface area contributed by atoms with E-state index in [1.165, 1.54) is 6.92 Å². The minimum Gasteiger partial charge on any atom is -0.393 e. The molecular formula is C11H12F2N2O5. The Bertz CT molecular complexity index is 548. The Kier molecular flexibility index (Phi) is 4.69. The standard InChI is InChI=1S/C11H12F2N2O5/c1-11(18,5-16)4-14-10(17)6-2-9(15(19)20)8(13)3-7(6)12/h2-3,16,18H,4-5H2,1H3,(H,14,17). The number of hydrogen-bond donors (Lipinski definition) is 3. The number of nitrogens with one attached hydrogen (secondary N) is 1. The van der Waals surface area contributed by atoms with Gasteiger partial charge in [0.1, 0.15) is 11.4 Å². The molecule has 0 aliphatic carbocycles. The molecule has 1 atom stereocenters. The van der Waals surface area contributed by atoms with E-state index < -0.39 is 52.5 Å². The van der Waals surface area contributed by atoms with Gasteiger partial charge < -0.3 is 15.5 Å². The van der Waals surface area contributed by atoms with Gasteiger partial charge in [-0.2, -0.15) is 4.39 Å². The van der Waals surface area contributed by atoms with Gasteiger partial charge in [-0.25, -0.2) is 4.39 Å². The topological polar surface area (TPSA) is 113 Å². The van der Waals surface area contributed by atoms with Crippen molar-refractivity contribution in [3.05, 3.63) is 39.4 Å². The molecule has 0 aliphatic rings. The molecule has 1 rings (SSSR count). The van der Waals surface area contributed by atoms with Crippen LogP contribution in [0.15, 0.2) is 12.1 Å². The van der Waals surface area contributed by atoms with E-state index in [-0.39, 0.29) is 6.07 Å². The highest BCUT2D eigenvalue weighted by atomic mass is 19.1. The monoisotopic (exact) mass is 290 g/mol. The highest BCUT2D eigenvalue weighted by Gasteiger charge is 2.24. The van der Waals surface area contributed by atoms with Gasteiger partial charge in [-0.3, -0.25) is 14.9 Å². The van der Waals surface area contributed by atoms with Gasteiger partial charge in [-0.1, -0.05) is 0 Å². The number of aliphatic hydroxyl groups excluding tert-OH is 1. The molecule has 20 heavy (non-hydrogen) atoms. The Morgan fingerprint density at radius 1 is 1.45 bits per heavy atom. The van der Waals surface area contributed by atoms with Gasteiger partial charge in [0.2, 0.25) is 5.82 Å². The highest BCUT2D eigenvalue weighted by molar-refractivity contribution is 5.95. The number of nitro groups is 1. The number of halogens is 2. The van der Waals surface area contributed by atoms with E-state index in [1.807, 2.05) is 0 Å². The van der Waals surface area contributed by atoms with Crippen molar-refractivity contribution in [1.29, 1.82) is 0 Å². The van der Waals surface area contributed by atoms with Crippen LogP contribution in [0.2, 0.25) is 0 Å². The molecule has 7 nitrogen and oxygen atoms in total. The van der Waals surface area contributed by atoms with Crippen molar-refractivity contribution in [2.45, 2.75) is 12.5 Å². The van der Waals surface area contributed by atoms with Crippen LogP contribution in [0, 0.1) is 21.7 Å². The van der Waals surface area contributed by atoms with E-state index in [4.69, 9.17) is 5.11 Å². The zero-order chi connectivity index (χ0) is 15.5. The number of amides is 1. The van der Waals surface area contributed by atoms with Gasteiger partial charge in [0.15, 0.2) is 0 Å². The van der Waals surface area contributed by atoms with Gasteiger partial charge in [0.25, 0.3) is 5.91 Å². The predicted octanol–water partition coefficient (Wildman–Crippen LogP) is 0.346. The van der Waals surface area contributed by atoms with Crippen LogP contribution >= 0.6 is 0 Å². The fraction of sp³-hybridized carbons (Fsp3) is 0.364. The number of nitrogens with zero attached hydrogens (tertiary/aromatic N) is 1. The van der Waals surface area contributed by atoms with Gasteiger partial charge in [-0.15, -0.1) is 0 Å². The summed E-state index contributed by atoms with van der Waals surface area (Å²) in [5, 5.41) is 30.8. The van der Waals surface area contributed by atoms with Crippen LogP contribution < -0.4 is 5.32 Å². The van der Waals surface area contributed by atoms with E-state index in [1.54, 1.807) is 0 Å². The summed E-state index contributed by atoms with van der Waals surface area (Å²) in [7, 11) is 0. The Labute approximate surface area is 112 Å². The molecule has 110 valence electrons. The van der Waals surface area contributed by atoms with Crippen LogP contribution in [0.4, 0.5) is 14.5 Å². The predicted molar refractivity (Wildman–Crippen MR) is 63.1 cm³/mol. The Balaban J connectivity index is 2.99. The summed E-state index contributed by atoms with van der Waals surface area (Å²) in [5.74, 6) is -3.74. The minimum absolute atomic E-state index is 0.233. The second-order valence-corrected chi connectivity index (χ2v) is 4.38. The van der Waals surface area contributed by atoms with Gasteiger partial charge in [0, 0.05) is 18.7 Å². The van der Waals surface area contributed by atoms with Crippen molar-refractivity contribution in [2.24, 2.45) is 0 Å². The lowest BCUT2D eigenvalue weighted by atomic mass is 10.1. The smallest absolute Gasteiger partial charge is 0.305 e. The van der Waals surface area contributed by atoms with Crippen LogP contribution in [0.25, 0.3) is 0 Å². The molecule has 0 aromatic heterocycles. The van der Waals surface area contributed by atoms with Crippen molar-refractivity contribution >= 4 is 11.6 Å². The van der Waals surface area contributed by atoms with E-state index in [0.717, 1.165) is 0 Å². The van der Waals surface area contributed by atoms with Crippen molar-refractivity contribution < 1.29 is 28.7 Å². The van der Waals surface area contributed by atoms with Crippen LogP contribution in [0.1, 0.15) is 17.3 Å². The molecule has 1 unspecified atom stereocenters. The summed E-state index contributed by atoms with van der Waals surface area (Å²) in [6, 6.07) is 0.699. The highest BCUT2D eigenvalue weighted by Crippen LogP contribution is 2.21. The van der Waals surface area contributed by atoms with E-state index in [0.29, 0.717) is 6.07 Å². The molecular weight excluding hydrogens is 278 g/mol. The summed E-state index contributed by atoms with van der Waals surface area (Å²) >= 11 is 0. The normalized spacial score (nSPS) is 13.7. The summed E-state index contributed by atoms with van der Waals surface area (Å²) in [6.07, 6.45) is 0. The number of rotatable bonds is 5. The molecule has 0 fully saturated rings. The first-order valence-corrected chi connectivity index (χ1v) is 5.43. The number of carbonyl (C=O) groups is 1. The molecule has 3 N–H and O–H groups in total. The largest absolute Gasteiger partial charge is 0.393 e. The summed E-state index contributed by atoms with van der Waals surface area (Å²) < 4.78 is 26.5. The Hall–Kier alpha value is -2.13. The summed E-state index contributed by atoms with van der Waals surface area (Å²) in [6.45, 7) is 0.156. The average Bonchev–Trinajstić information content (AvgIpc) is 2.35. The quantitative estimate of drug-likeness (QED) is 0.535. The third-order valence-electron chi connectivity index (χ3n) is 2.45. The first-order chi connectivity index (χ1) is 9.18. The maximum atomic E-state index is 13.4. The molecule has 0 heterocycles. The molecule has 0 bridgehead atoms. The third kappa shape index (κ3) is 3.68. The lowest BCUT2D eigenvalue weighted by Crippen LogP contribution is -2.43. The molecule has 1 aromatic carbocycles. The third-order valence-corrected chi connectivity index (χ3v) is 2.45. The van der Waals surface area contributed by atoms with E-state index in [2.05, 4.69) is 5.32 Å². The van der Waals surface area contributed by atoms with Crippen molar-refractivity contribution in [3.8, 4) is 0 Å². The van der Waals surface area contributed by atoms with Gasteiger partial charge >= 0.3 is 5.69 Å². The van der Waals surface area contributed by atoms with Crippen molar-refractivity contribution in [1.82, 2.24) is 5.32 Å². The molecule has 0 radical (unpaired) electrons. The SMILES string of the molecule is CC(O)(CO)CNC(=O)c1cc([N+](=O)[O-])c(F)cc1F. The molecule has 0 saturated carbocycles. The first-order valence-electron chi connectivity index (χ1n) is 5.43. The van der Waals surface area contributed by atoms with E-state index in [9.17, 15) is 28.8 Å². The Morgan fingerprint density at radius 2 is 2.05 bits per heavy atom. The average molecular weight is 290 g/mol. The van der Waals surface area contributed by atoms with Crippen LogP contribution in [-0.2, 0) is 0 Å². The molecule has 0 saturated heterocycles. The zero-order valence-corrected chi connectivity index (χ0v) is 10.4.